The number of nitrogens with zero attached hydrogens (tertiary/aromatic N) is 2. The van der Waals surface area contributed by atoms with Crippen molar-refractivity contribution in [1.82, 2.24) is 36.4 Å². The molecule has 5 N–H and O–H groups in total. The fourth-order valence-electron chi connectivity index (χ4n) is 4.47. The van der Waals surface area contributed by atoms with Crippen molar-refractivity contribution in [2.45, 2.75) is 64.1 Å². The fraction of sp³-hybridized carbons (Fsp3) is 0.429. The number of nitrogens with one attached hydrogen (secondary N) is 5. The molecule has 1 aliphatic rings. The molecule has 2 bridgehead atoms. The van der Waals surface area contributed by atoms with Gasteiger partial charge in [-0.15, -0.1) is 0 Å². The SMILES string of the molecule is CC(C)[C@@H]1NC(=O)[C@H](Cc2ccccc2)NC(=O)[C@@H](NC(=O)c2cc(C(F)F)[nH]n2)CCCCNC(=O)c2coc1n2. The lowest BCUT2D eigenvalue weighted by atomic mass is 10.0. The molecule has 14 heteroatoms. The zero-order valence-corrected chi connectivity index (χ0v) is 23.2. The van der Waals surface area contributed by atoms with Gasteiger partial charge in [-0.25, -0.2) is 13.8 Å². The van der Waals surface area contributed by atoms with Gasteiger partial charge in [-0.05, 0) is 36.8 Å². The number of aromatic nitrogens is 3. The highest BCUT2D eigenvalue weighted by Gasteiger charge is 2.32. The lowest BCUT2D eigenvalue weighted by molar-refractivity contribution is -0.130. The van der Waals surface area contributed by atoms with Gasteiger partial charge in [0.2, 0.25) is 17.7 Å². The third kappa shape index (κ3) is 7.77. The summed E-state index contributed by atoms with van der Waals surface area (Å²) < 4.78 is 31.5. The Labute approximate surface area is 240 Å². The number of benzene rings is 1. The minimum atomic E-state index is -2.85. The summed E-state index contributed by atoms with van der Waals surface area (Å²) in [5.41, 5.74) is 0.00861. The first-order valence-corrected chi connectivity index (χ1v) is 13.6. The highest BCUT2D eigenvalue weighted by Crippen LogP contribution is 2.22. The number of halogens is 2. The van der Waals surface area contributed by atoms with Crippen molar-refractivity contribution in [2.24, 2.45) is 5.92 Å². The van der Waals surface area contributed by atoms with E-state index in [9.17, 15) is 28.0 Å². The molecule has 0 fully saturated rings. The van der Waals surface area contributed by atoms with Gasteiger partial charge in [0, 0.05) is 13.0 Å². The molecule has 3 aromatic rings. The maximum atomic E-state index is 13.6. The number of fused-ring (bicyclic) bond motifs is 2. The Morgan fingerprint density at radius 3 is 2.55 bits per heavy atom. The molecule has 3 heterocycles. The predicted molar refractivity (Wildman–Crippen MR) is 145 cm³/mol. The van der Waals surface area contributed by atoms with Crippen LogP contribution in [0.3, 0.4) is 0 Å². The highest BCUT2D eigenvalue weighted by molar-refractivity contribution is 5.97. The number of amides is 4. The number of hydrogen-bond donors (Lipinski definition) is 5. The normalized spacial score (nSPS) is 20.6. The molecule has 3 atom stereocenters. The second kappa shape index (κ2) is 13.8. The maximum absolute atomic E-state index is 13.6. The van der Waals surface area contributed by atoms with Gasteiger partial charge in [0.25, 0.3) is 18.2 Å². The van der Waals surface area contributed by atoms with Crippen LogP contribution in [-0.2, 0) is 16.0 Å². The number of carbonyl (C=O) groups excluding carboxylic acids is 4. The van der Waals surface area contributed by atoms with Crippen LogP contribution in [-0.4, -0.2) is 57.4 Å². The van der Waals surface area contributed by atoms with Crippen LogP contribution in [0.25, 0.3) is 0 Å². The van der Waals surface area contributed by atoms with E-state index in [1.54, 1.807) is 12.1 Å². The zero-order valence-electron chi connectivity index (χ0n) is 23.2. The highest BCUT2D eigenvalue weighted by atomic mass is 19.3. The summed E-state index contributed by atoms with van der Waals surface area (Å²) in [5, 5.41) is 16.6. The molecule has 12 nitrogen and oxygen atoms in total. The van der Waals surface area contributed by atoms with E-state index in [4.69, 9.17) is 4.42 Å². The van der Waals surface area contributed by atoms with Gasteiger partial charge in [0.15, 0.2) is 5.69 Å². The molecule has 4 amide bonds. The Morgan fingerprint density at radius 2 is 1.86 bits per heavy atom. The molecule has 1 aliphatic heterocycles. The van der Waals surface area contributed by atoms with Crippen LogP contribution in [0.5, 0.6) is 0 Å². The number of H-pyrrole nitrogens is 1. The largest absolute Gasteiger partial charge is 0.446 e. The summed E-state index contributed by atoms with van der Waals surface area (Å²) in [5.74, 6) is -2.49. The molecule has 0 saturated carbocycles. The van der Waals surface area contributed by atoms with Crippen LogP contribution in [0.2, 0.25) is 0 Å². The predicted octanol–water partition coefficient (Wildman–Crippen LogP) is 2.59. The molecular weight excluding hydrogens is 552 g/mol. The van der Waals surface area contributed by atoms with Crippen molar-refractivity contribution < 1.29 is 32.4 Å². The van der Waals surface area contributed by atoms with E-state index in [1.807, 2.05) is 32.0 Å². The molecule has 0 radical (unpaired) electrons. The monoisotopic (exact) mass is 585 g/mol. The molecule has 0 saturated heterocycles. The van der Waals surface area contributed by atoms with Crippen molar-refractivity contribution in [1.29, 1.82) is 0 Å². The quantitative estimate of drug-likeness (QED) is 0.296. The van der Waals surface area contributed by atoms with Gasteiger partial charge in [-0.1, -0.05) is 44.2 Å². The van der Waals surface area contributed by atoms with Crippen molar-refractivity contribution in [3.05, 3.63) is 71.2 Å². The van der Waals surface area contributed by atoms with Crippen LogP contribution in [0.4, 0.5) is 8.78 Å². The Balaban J connectivity index is 1.62. The van der Waals surface area contributed by atoms with Crippen molar-refractivity contribution in [2.75, 3.05) is 6.54 Å². The molecule has 0 unspecified atom stereocenters. The molecule has 0 spiro atoms. The first-order valence-electron chi connectivity index (χ1n) is 13.6. The van der Waals surface area contributed by atoms with E-state index < -0.39 is 53.9 Å². The van der Waals surface area contributed by atoms with Crippen molar-refractivity contribution >= 4 is 23.6 Å². The molecule has 224 valence electrons. The van der Waals surface area contributed by atoms with E-state index in [0.717, 1.165) is 11.6 Å². The van der Waals surface area contributed by atoms with E-state index in [1.165, 1.54) is 6.26 Å². The smallest absolute Gasteiger partial charge is 0.279 e. The van der Waals surface area contributed by atoms with Crippen molar-refractivity contribution in [3.8, 4) is 0 Å². The van der Waals surface area contributed by atoms with E-state index in [-0.39, 0.29) is 42.6 Å². The molecular formula is C28H33F2N7O5. The van der Waals surface area contributed by atoms with E-state index >= 15 is 0 Å². The van der Waals surface area contributed by atoms with E-state index in [2.05, 4.69) is 36.4 Å². The summed E-state index contributed by atoms with van der Waals surface area (Å²) in [6, 6.07) is 7.10. The number of oxazole rings is 1. The average Bonchev–Trinajstić information content (AvgIpc) is 3.65. The number of carbonyl (C=O) groups is 4. The number of hydrogen-bond acceptors (Lipinski definition) is 7. The van der Waals surface area contributed by atoms with Gasteiger partial charge in [-0.3, -0.25) is 24.3 Å². The van der Waals surface area contributed by atoms with Gasteiger partial charge in [-0.2, -0.15) is 5.10 Å². The zero-order chi connectivity index (χ0) is 30.2. The van der Waals surface area contributed by atoms with E-state index in [0.29, 0.717) is 12.8 Å². The third-order valence-corrected chi connectivity index (χ3v) is 6.79. The first-order chi connectivity index (χ1) is 20.1. The van der Waals surface area contributed by atoms with Crippen LogP contribution in [0, 0.1) is 5.92 Å². The van der Waals surface area contributed by atoms with Gasteiger partial charge >= 0.3 is 0 Å². The van der Waals surface area contributed by atoms with Gasteiger partial charge in [0.05, 0.1) is 0 Å². The maximum Gasteiger partial charge on any atom is 0.279 e. The summed E-state index contributed by atoms with van der Waals surface area (Å²) in [7, 11) is 0. The van der Waals surface area contributed by atoms with Gasteiger partial charge < -0.3 is 25.7 Å². The van der Waals surface area contributed by atoms with Crippen molar-refractivity contribution in [3.63, 3.8) is 0 Å². The minimum Gasteiger partial charge on any atom is -0.446 e. The second-order valence-corrected chi connectivity index (χ2v) is 10.3. The first kappa shape index (κ1) is 30.3. The molecule has 42 heavy (non-hydrogen) atoms. The number of rotatable bonds is 6. The summed E-state index contributed by atoms with van der Waals surface area (Å²) >= 11 is 0. The molecule has 4 rings (SSSR count). The van der Waals surface area contributed by atoms with Crippen LogP contribution in [0.1, 0.15) is 83.7 Å². The molecule has 2 aromatic heterocycles. The second-order valence-electron chi connectivity index (χ2n) is 10.3. The molecule has 1 aromatic carbocycles. The van der Waals surface area contributed by atoms with Crippen LogP contribution >= 0.6 is 0 Å². The summed E-state index contributed by atoms with van der Waals surface area (Å²) in [4.78, 5) is 56.9. The average molecular weight is 586 g/mol. The number of alkyl halides is 2. The van der Waals surface area contributed by atoms with Gasteiger partial charge in [0.1, 0.15) is 35.8 Å². The Hall–Kier alpha value is -4.62. The lowest BCUT2D eigenvalue weighted by Crippen LogP contribution is -2.55. The standard InChI is InChI=1S/C28H33F2N7O5/c1-15(2)22-28-34-21(14-42-28)24(38)31-11-7-6-10-17(32-27(41)20-13-18(23(29)30)36-37-20)25(39)33-19(26(40)35-22)12-16-8-4-3-5-9-16/h3-5,8-9,13-15,17,19,22-23H,6-7,10-12H2,1-2H3,(H,31,38)(H,32,41)(H,33,39)(H,35,40)(H,36,37)/t17-,19-,22-/m0/s1. The molecule has 0 aliphatic carbocycles. The fourth-order valence-corrected chi connectivity index (χ4v) is 4.47. The lowest BCUT2D eigenvalue weighted by Gasteiger charge is -2.26. The third-order valence-electron chi connectivity index (χ3n) is 6.79. The topological polar surface area (TPSA) is 171 Å². The number of aromatic amines is 1. The minimum absolute atomic E-state index is 0.0680. The van der Waals surface area contributed by atoms with Crippen LogP contribution < -0.4 is 21.3 Å². The Bertz CT molecular complexity index is 1390. The van der Waals surface area contributed by atoms with Crippen LogP contribution in [0.15, 0.2) is 47.1 Å². The Kier molecular flexibility index (Phi) is 9.99. The summed E-state index contributed by atoms with van der Waals surface area (Å²) in [6.07, 6.45) is -0.488. The summed E-state index contributed by atoms with van der Waals surface area (Å²) in [6.45, 7) is 3.96. The Morgan fingerprint density at radius 1 is 1.10 bits per heavy atom.